The molecule has 2 N–H and O–H groups in total. The largest absolute Gasteiger partial charge is 0.288 e. The molecule has 0 spiro atoms. The molecule has 0 aliphatic heterocycles. The van der Waals surface area contributed by atoms with Gasteiger partial charge in [-0.15, -0.1) is 27.8 Å². The molecule has 0 fully saturated rings. The Hall–Kier alpha value is -2.91. The van der Waals surface area contributed by atoms with E-state index in [0.29, 0.717) is 17.2 Å². The Kier molecular flexibility index (Phi) is 3.85. The molecule has 0 aliphatic rings. The number of nitrogens with one attached hydrogen (secondary N) is 2. The second-order valence-corrected chi connectivity index (χ2v) is 6.50. The van der Waals surface area contributed by atoms with Gasteiger partial charge in [0.25, 0.3) is 5.91 Å². The summed E-state index contributed by atoms with van der Waals surface area (Å²) in [7, 11) is 0. The lowest BCUT2D eigenvalue weighted by Crippen LogP contribution is -2.13. The molecule has 0 aliphatic carbocycles. The summed E-state index contributed by atoms with van der Waals surface area (Å²) < 4.78 is 0. The minimum absolute atomic E-state index is 0.186. The maximum atomic E-state index is 12.3. The first-order valence-corrected chi connectivity index (χ1v) is 8.70. The van der Waals surface area contributed by atoms with Gasteiger partial charge in [-0.1, -0.05) is 12.1 Å². The highest BCUT2D eigenvalue weighted by Gasteiger charge is 2.15. The summed E-state index contributed by atoms with van der Waals surface area (Å²) in [6.07, 6.45) is 1.66. The third kappa shape index (κ3) is 2.94. The molecule has 24 heavy (non-hydrogen) atoms. The van der Waals surface area contributed by atoms with Crippen LogP contribution >= 0.6 is 22.7 Å². The molecule has 9 heteroatoms. The Morgan fingerprint density at radius 1 is 1.12 bits per heavy atom. The van der Waals surface area contributed by atoms with Crippen molar-refractivity contribution >= 4 is 34.5 Å². The topological polar surface area (TPSA) is 96.5 Å². The zero-order valence-electron chi connectivity index (χ0n) is 12.1. The molecule has 0 atom stereocenters. The molecular formula is C15H10N6OS2. The van der Waals surface area contributed by atoms with E-state index in [2.05, 4.69) is 30.5 Å². The number of anilines is 1. The van der Waals surface area contributed by atoms with E-state index in [0.717, 1.165) is 9.88 Å². The number of hydrogen-bond donors (Lipinski definition) is 2. The average molecular weight is 354 g/mol. The molecule has 4 aromatic rings. The monoisotopic (exact) mass is 354 g/mol. The summed E-state index contributed by atoms with van der Waals surface area (Å²) in [5.74, 6) is 0.329. The lowest BCUT2D eigenvalue weighted by Gasteiger charge is -1.96. The van der Waals surface area contributed by atoms with Crippen molar-refractivity contribution in [3.63, 3.8) is 0 Å². The zero-order chi connectivity index (χ0) is 16.4. The van der Waals surface area contributed by atoms with Gasteiger partial charge >= 0.3 is 0 Å². The van der Waals surface area contributed by atoms with E-state index in [-0.39, 0.29) is 11.9 Å². The van der Waals surface area contributed by atoms with Gasteiger partial charge in [0.1, 0.15) is 16.4 Å². The Morgan fingerprint density at radius 3 is 2.88 bits per heavy atom. The van der Waals surface area contributed by atoms with Crippen LogP contribution in [0.5, 0.6) is 0 Å². The fraction of sp³-hybridized carbons (Fsp3) is 0. The van der Waals surface area contributed by atoms with Gasteiger partial charge < -0.3 is 0 Å². The molecule has 4 aromatic heterocycles. The molecule has 0 saturated heterocycles. The minimum Gasteiger partial charge on any atom is -0.288 e. The summed E-state index contributed by atoms with van der Waals surface area (Å²) in [5, 5.41) is 13.9. The highest BCUT2D eigenvalue weighted by Crippen LogP contribution is 2.27. The molecule has 0 unspecified atom stereocenters. The quantitative estimate of drug-likeness (QED) is 0.586. The van der Waals surface area contributed by atoms with Crippen LogP contribution < -0.4 is 5.32 Å². The highest BCUT2D eigenvalue weighted by atomic mass is 32.1. The van der Waals surface area contributed by atoms with Crippen molar-refractivity contribution in [3.05, 3.63) is 53.0 Å². The van der Waals surface area contributed by atoms with E-state index in [9.17, 15) is 4.79 Å². The Morgan fingerprint density at radius 2 is 2.08 bits per heavy atom. The van der Waals surface area contributed by atoms with E-state index in [1.165, 1.54) is 11.3 Å². The third-order valence-electron chi connectivity index (χ3n) is 3.09. The van der Waals surface area contributed by atoms with Crippen LogP contribution in [-0.4, -0.2) is 31.1 Å². The van der Waals surface area contributed by atoms with Gasteiger partial charge in [-0.05, 0) is 23.6 Å². The van der Waals surface area contributed by atoms with E-state index in [4.69, 9.17) is 0 Å². The smallest absolute Gasteiger partial charge is 0.277 e. The molecule has 0 radical (unpaired) electrons. The van der Waals surface area contributed by atoms with Crippen molar-refractivity contribution in [1.29, 1.82) is 0 Å². The van der Waals surface area contributed by atoms with Crippen LogP contribution in [0.1, 0.15) is 10.5 Å². The molecule has 0 bridgehead atoms. The number of nitrogens with zero attached hydrogens (tertiary/aromatic N) is 4. The van der Waals surface area contributed by atoms with Crippen LogP contribution in [0.3, 0.4) is 0 Å². The summed E-state index contributed by atoms with van der Waals surface area (Å²) in [5.41, 5.74) is 0.992. The fourth-order valence-electron chi connectivity index (χ4n) is 1.99. The van der Waals surface area contributed by atoms with Crippen LogP contribution in [0.4, 0.5) is 5.95 Å². The molecule has 4 rings (SSSR count). The Balaban J connectivity index is 1.50. The molecule has 1 amide bonds. The number of hydrogen-bond acceptors (Lipinski definition) is 7. The lowest BCUT2D eigenvalue weighted by molar-refractivity contribution is 0.102. The summed E-state index contributed by atoms with van der Waals surface area (Å²) in [4.78, 5) is 26.1. The van der Waals surface area contributed by atoms with Gasteiger partial charge in [0.05, 0.1) is 4.88 Å². The SMILES string of the molecule is O=C(Nc1n[nH]c(-c2ccccn2)n1)c1csc(-c2cccs2)n1. The number of H-pyrrole nitrogens is 1. The van der Waals surface area contributed by atoms with Gasteiger partial charge in [0, 0.05) is 11.6 Å². The average Bonchev–Trinajstić information content (AvgIpc) is 3.36. The number of aromatic amines is 1. The number of thiophene rings is 1. The standard InChI is InChI=1S/C15H10N6OS2/c22-13(10-8-24-14(17-10)11-5-3-7-23-11)19-15-18-12(20-21-15)9-4-1-2-6-16-9/h1-8H,(H2,18,19,20,21,22). The van der Waals surface area contributed by atoms with Crippen molar-refractivity contribution in [1.82, 2.24) is 25.1 Å². The minimum atomic E-state index is -0.347. The molecule has 0 saturated carbocycles. The second-order valence-electron chi connectivity index (χ2n) is 4.69. The van der Waals surface area contributed by atoms with Crippen LogP contribution in [-0.2, 0) is 0 Å². The first kappa shape index (κ1) is 14.7. The first-order valence-electron chi connectivity index (χ1n) is 6.94. The number of thiazole rings is 1. The number of rotatable bonds is 4. The molecular weight excluding hydrogens is 344 g/mol. The Labute approximate surface area is 144 Å². The van der Waals surface area contributed by atoms with Gasteiger partial charge in [0.15, 0.2) is 5.82 Å². The van der Waals surface area contributed by atoms with Gasteiger partial charge in [0.2, 0.25) is 5.95 Å². The van der Waals surface area contributed by atoms with E-state index >= 15 is 0 Å². The summed E-state index contributed by atoms with van der Waals surface area (Å²) >= 11 is 3.01. The lowest BCUT2D eigenvalue weighted by atomic mass is 10.3. The van der Waals surface area contributed by atoms with Gasteiger partial charge in [-0.3, -0.25) is 20.2 Å². The molecule has 0 aromatic carbocycles. The number of pyridine rings is 1. The predicted octanol–water partition coefficient (Wildman–Crippen LogP) is 3.30. The van der Waals surface area contributed by atoms with Gasteiger partial charge in [-0.2, -0.15) is 4.98 Å². The second kappa shape index (κ2) is 6.30. The van der Waals surface area contributed by atoms with Crippen molar-refractivity contribution in [2.24, 2.45) is 0 Å². The summed E-state index contributed by atoms with van der Waals surface area (Å²) in [6.45, 7) is 0. The number of carbonyl (C=O) groups is 1. The van der Waals surface area contributed by atoms with Crippen molar-refractivity contribution in [2.75, 3.05) is 5.32 Å². The predicted molar refractivity (Wildman–Crippen MR) is 93.0 cm³/mol. The normalized spacial score (nSPS) is 10.7. The number of amides is 1. The van der Waals surface area contributed by atoms with Crippen molar-refractivity contribution in [3.8, 4) is 21.4 Å². The first-order chi connectivity index (χ1) is 11.8. The van der Waals surface area contributed by atoms with Crippen LogP contribution in [0.25, 0.3) is 21.4 Å². The van der Waals surface area contributed by atoms with Crippen LogP contribution in [0, 0.1) is 0 Å². The molecule has 4 heterocycles. The van der Waals surface area contributed by atoms with Gasteiger partial charge in [-0.25, -0.2) is 4.98 Å². The van der Waals surface area contributed by atoms with Crippen molar-refractivity contribution < 1.29 is 4.79 Å². The summed E-state index contributed by atoms with van der Waals surface area (Å²) in [6, 6.07) is 9.40. The van der Waals surface area contributed by atoms with Crippen LogP contribution in [0.15, 0.2) is 47.3 Å². The Bertz CT molecular complexity index is 961. The van der Waals surface area contributed by atoms with Crippen molar-refractivity contribution in [2.45, 2.75) is 0 Å². The zero-order valence-corrected chi connectivity index (χ0v) is 13.8. The fourth-order valence-corrected chi connectivity index (χ4v) is 3.61. The van der Waals surface area contributed by atoms with E-state index < -0.39 is 0 Å². The maximum Gasteiger partial charge on any atom is 0.277 e. The number of carbonyl (C=O) groups excluding carboxylic acids is 1. The van der Waals surface area contributed by atoms with E-state index in [1.807, 2.05) is 29.6 Å². The molecule has 7 nitrogen and oxygen atoms in total. The maximum absolute atomic E-state index is 12.3. The number of aromatic nitrogens is 5. The third-order valence-corrected chi connectivity index (χ3v) is 4.97. The van der Waals surface area contributed by atoms with E-state index in [1.54, 1.807) is 29.0 Å². The molecule has 118 valence electrons. The highest BCUT2D eigenvalue weighted by molar-refractivity contribution is 7.20. The van der Waals surface area contributed by atoms with Crippen LogP contribution in [0.2, 0.25) is 0 Å².